The highest BCUT2D eigenvalue weighted by Crippen LogP contribution is 2.26. The van der Waals surface area contributed by atoms with Gasteiger partial charge >= 0.3 is 5.97 Å². The summed E-state index contributed by atoms with van der Waals surface area (Å²) < 4.78 is 11.0. The van der Waals surface area contributed by atoms with Crippen LogP contribution in [0.4, 0.5) is 11.5 Å². The van der Waals surface area contributed by atoms with E-state index in [1.165, 1.54) is 0 Å². The van der Waals surface area contributed by atoms with Gasteiger partial charge in [-0.05, 0) is 56.5 Å². The lowest BCUT2D eigenvalue weighted by molar-refractivity contribution is -0.0206. The van der Waals surface area contributed by atoms with Crippen molar-refractivity contribution in [2.45, 2.75) is 38.4 Å². The minimum atomic E-state index is -0.331. The van der Waals surface area contributed by atoms with Crippen molar-refractivity contribution in [3.63, 3.8) is 0 Å². The van der Waals surface area contributed by atoms with Gasteiger partial charge in [-0.15, -0.1) is 5.10 Å². The van der Waals surface area contributed by atoms with E-state index in [0.717, 1.165) is 30.6 Å². The molecule has 126 valence electrons. The van der Waals surface area contributed by atoms with Gasteiger partial charge in [0.15, 0.2) is 5.82 Å². The minimum absolute atomic E-state index is 0.00177. The van der Waals surface area contributed by atoms with Crippen LogP contribution in [-0.2, 0) is 9.47 Å². The number of nitrogens with zero attached hydrogens (tertiary/aromatic N) is 2. The number of aryl methyl sites for hydroxylation is 1. The SMILES string of the molecule is CO[C@H]1CCC[C@@H]1OC(=O)c1cccc(Nc2ccc(C)nn2)c1. The standard InChI is InChI=1S/C18H21N3O3/c1-12-9-10-17(21-20-12)19-14-6-3-5-13(11-14)18(22)24-16-8-4-7-15(16)23-2/h3,5-6,9-11,15-16H,4,7-8H2,1-2H3,(H,19,21)/t15-,16-/m0/s1. The molecule has 6 heteroatoms. The van der Waals surface area contributed by atoms with Gasteiger partial charge in [0.05, 0.1) is 17.4 Å². The van der Waals surface area contributed by atoms with Crippen molar-refractivity contribution in [3.8, 4) is 0 Å². The molecule has 1 aromatic carbocycles. The van der Waals surface area contributed by atoms with Gasteiger partial charge in [-0.1, -0.05) is 6.07 Å². The predicted molar refractivity (Wildman–Crippen MR) is 90.3 cm³/mol. The monoisotopic (exact) mass is 327 g/mol. The topological polar surface area (TPSA) is 73.3 Å². The second-order valence-electron chi connectivity index (χ2n) is 5.91. The summed E-state index contributed by atoms with van der Waals surface area (Å²) in [5.41, 5.74) is 2.11. The number of rotatable bonds is 5. The molecule has 1 aliphatic carbocycles. The third-order valence-corrected chi connectivity index (χ3v) is 4.12. The molecule has 1 aromatic heterocycles. The fraction of sp³-hybridized carbons (Fsp3) is 0.389. The van der Waals surface area contributed by atoms with Crippen molar-refractivity contribution in [2.75, 3.05) is 12.4 Å². The van der Waals surface area contributed by atoms with E-state index in [9.17, 15) is 4.79 Å². The van der Waals surface area contributed by atoms with Crippen molar-refractivity contribution < 1.29 is 14.3 Å². The van der Waals surface area contributed by atoms with Gasteiger partial charge in [-0.25, -0.2) is 4.79 Å². The largest absolute Gasteiger partial charge is 0.456 e. The van der Waals surface area contributed by atoms with Crippen molar-refractivity contribution in [2.24, 2.45) is 0 Å². The first-order chi connectivity index (χ1) is 11.7. The van der Waals surface area contributed by atoms with E-state index >= 15 is 0 Å². The number of benzene rings is 1. The molecular weight excluding hydrogens is 306 g/mol. The summed E-state index contributed by atoms with van der Waals surface area (Å²) in [4.78, 5) is 12.4. The quantitative estimate of drug-likeness (QED) is 0.850. The molecule has 2 atom stereocenters. The smallest absolute Gasteiger partial charge is 0.338 e. The summed E-state index contributed by atoms with van der Waals surface area (Å²) in [7, 11) is 1.66. The van der Waals surface area contributed by atoms with Crippen molar-refractivity contribution >= 4 is 17.5 Å². The average Bonchev–Trinajstić information content (AvgIpc) is 3.04. The van der Waals surface area contributed by atoms with Crippen molar-refractivity contribution in [3.05, 3.63) is 47.7 Å². The molecule has 24 heavy (non-hydrogen) atoms. The van der Waals surface area contributed by atoms with E-state index in [0.29, 0.717) is 11.4 Å². The molecule has 1 saturated carbocycles. The van der Waals surface area contributed by atoms with E-state index in [1.54, 1.807) is 19.2 Å². The van der Waals surface area contributed by atoms with E-state index in [2.05, 4.69) is 15.5 Å². The third-order valence-electron chi connectivity index (χ3n) is 4.12. The lowest BCUT2D eigenvalue weighted by Gasteiger charge is -2.18. The molecule has 1 N–H and O–H groups in total. The zero-order valence-corrected chi connectivity index (χ0v) is 13.9. The number of carbonyl (C=O) groups is 1. The number of anilines is 2. The fourth-order valence-corrected chi connectivity index (χ4v) is 2.84. The molecule has 0 amide bonds. The molecule has 3 rings (SSSR count). The summed E-state index contributed by atoms with van der Waals surface area (Å²) in [5, 5.41) is 11.2. The molecule has 1 fully saturated rings. The third kappa shape index (κ3) is 3.89. The van der Waals surface area contributed by atoms with Crippen LogP contribution in [0.25, 0.3) is 0 Å². The number of carbonyl (C=O) groups excluding carboxylic acids is 1. The molecule has 2 aromatic rings. The normalized spacial score (nSPS) is 19.9. The van der Waals surface area contributed by atoms with Crippen molar-refractivity contribution in [1.29, 1.82) is 0 Å². The maximum atomic E-state index is 12.4. The Morgan fingerprint density at radius 2 is 2.00 bits per heavy atom. The summed E-state index contributed by atoms with van der Waals surface area (Å²) >= 11 is 0. The van der Waals surface area contributed by atoms with Gasteiger partial charge in [0, 0.05) is 12.8 Å². The molecule has 1 heterocycles. The van der Waals surface area contributed by atoms with Crippen LogP contribution in [-0.4, -0.2) is 35.5 Å². The van der Waals surface area contributed by atoms with Crippen LogP contribution in [0.2, 0.25) is 0 Å². The maximum Gasteiger partial charge on any atom is 0.338 e. The molecule has 0 spiro atoms. The first-order valence-electron chi connectivity index (χ1n) is 8.07. The Balaban J connectivity index is 1.68. The molecular formula is C18H21N3O3. The van der Waals surface area contributed by atoms with Crippen LogP contribution in [0, 0.1) is 6.92 Å². The van der Waals surface area contributed by atoms with Crippen molar-refractivity contribution in [1.82, 2.24) is 10.2 Å². The van der Waals surface area contributed by atoms with Gasteiger partial charge in [-0.2, -0.15) is 5.10 Å². The number of hydrogen-bond acceptors (Lipinski definition) is 6. The van der Waals surface area contributed by atoms with Crippen LogP contribution < -0.4 is 5.32 Å². The Hall–Kier alpha value is -2.47. The number of methoxy groups -OCH3 is 1. The summed E-state index contributed by atoms with van der Waals surface area (Å²) in [6.07, 6.45) is 2.63. The Morgan fingerprint density at radius 3 is 2.75 bits per heavy atom. The van der Waals surface area contributed by atoms with Crippen LogP contribution >= 0.6 is 0 Å². The lowest BCUT2D eigenvalue weighted by atomic mass is 10.2. The molecule has 6 nitrogen and oxygen atoms in total. The highest BCUT2D eigenvalue weighted by Gasteiger charge is 2.30. The summed E-state index contributed by atoms with van der Waals surface area (Å²) in [6.45, 7) is 1.88. The van der Waals surface area contributed by atoms with Crippen LogP contribution in [0.5, 0.6) is 0 Å². The molecule has 0 saturated heterocycles. The van der Waals surface area contributed by atoms with Crippen LogP contribution in [0.3, 0.4) is 0 Å². The van der Waals surface area contributed by atoms with E-state index in [1.807, 2.05) is 31.2 Å². The molecule has 0 aliphatic heterocycles. The Labute approximate surface area is 141 Å². The second kappa shape index (κ2) is 7.40. The number of hydrogen-bond donors (Lipinski definition) is 1. The highest BCUT2D eigenvalue weighted by molar-refractivity contribution is 5.90. The Kier molecular flexibility index (Phi) is 5.05. The number of ether oxygens (including phenoxy) is 2. The van der Waals surface area contributed by atoms with Gasteiger partial charge in [0.2, 0.25) is 0 Å². The van der Waals surface area contributed by atoms with Crippen LogP contribution in [0.15, 0.2) is 36.4 Å². The minimum Gasteiger partial charge on any atom is -0.456 e. The molecule has 0 radical (unpaired) electrons. The summed E-state index contributed by atoms with van der Waals surface area (Å²) in [5.74, 6) is 0.295. The van der Waals surface area contributed by atoms with Crippen LogP contribution in [0.1, 0.15) is 35.3 Å². The molecule has 1 aliphatic rings. The average molecular weight is 327 g/mol. The first kappa shape index (κ1) is 16.4. The summed E-state index contributed by atoms with van der Waals surface area (Å²) in [6, 6.07) is 10.9. The lowest BCUT2D eigenvalue weighted by Crippen LogP contribution is -2.27. The van der Waals surface area contributed by atoms with Gasteiger partial charge < -0.3 is 14.8 Å². The van der Waals surface area contributed by atoms with E-state index in [-0.39, 0.29) is 18.2 Å². The molecule has 0 bridgehead atoms. The van der Waals surface area contributed by atoms with E-state index in [4.69, 9.17) is 9.47 Å². The Morgan fingerprint density at radius 1 is 1.17 bits per heavy atom. The highest BCUT2D eigenvalue weighted by atomic mass is 16.6. The van der Waals surface area contributed by atoms with Gasteiger partial charge in [-0.3, -0.25) is 0 Å². The zero-order chi connectivity index (χ0) is 16.9. The number of nitrogens with one attached hydrogen (secondary N) is 1. The fourth-order valence-electron chi connectivity index (χ4n) is 2.84. The molecule has 0 unspecified atom stereocenters. The van der Waals surface area contributed by atoms with E-state index < -0.39 is 0 Å². The maximum absolute atomic E-state index is 12.4. The zero-order valence-electron chi connectivity index (χ0n) is 13.9. The second-order valence-corrected chi connectivity index (χ2v) is 5.91. The Bertz CT molecular complexity index is 703. The van der Waals surface area contributed by atoms with Gasteiger partial charge in [0.25, 0.3) is 0 Å². The predicted octanol–water partition coefficient (Wildman–Crippen LogP) is 3.25. The first-order valence-corrected chi connectivity index (χ1v) is 8.07. The van der Waals surface area contributed by atoms with Gasteiger partial charge in [0.1, 0.15) is 6.10 Å². The number of esters is 1. The number of aromatic nitrogens is 2.